The van der Waals surface area contributed by atoms with Crippen molar-refractivity contribution >= 4 is 5.97 Å². The molecule has 0 unspecified atom stereocenters. The van der Waals surface area contributed by atoms with E-state index in [9.17, 15) is 20.1 Å². The first-order valence-corrected chi connectivity index (χ1v) is 9.33. The van der Waals surface area contributed by atoms with Crippen LogP contribution in [0.5, 0.6) is 0 Å². The molecule has 0 bridgehead atoms. The molecule has 2 fully saturated rings. The molecular weight excluding hydrogens is 320 g/mol. The van der Waals surface area contributed by atoms with E-state index in [0.29, 0.717) is 12.0 Å². The number of rotatable bonds is 1. The van der Waals surface area contributed by atoms with Gasteiger partial charge in [-0.25, -0.2) is 0 Å². The van der Waals surface area contributed by atoms with Crippen molar-refractivity contribution in [2.75, 3.05) is 0 Å². The third kappa shape index (κ3) is 2.18. The Morgan fingerprint density at radius 1 is 1.20 bits per heavy atom. The summed E-state index contributed by atoms with van der Waals surface area (Å²) in [7, 11) is 0. The van der Waals surface area contributed by atoms with Crippen molar-refractivity contribution in [1.82, 2.24) is 0 Å². The summed E-state index contributed by atoms with van der Waals surface area (Å²) in [5, 5.41) is 31.9. The Balaban J connectivity index is 1.87. The van der Waals surface area contributed by atoms with Gasteiger partial charge in [-0.05, 0) is 41.6 Å². The van der Waals surface area contributed by atoms with Crippen molar-refractivity contribution in [1.29, 1.82) is 0 Å². The van der Waals surface area contributed by atoms with Crippen molar-refractivity contribution in [2.24, 2.45) is 28.6 Å². The van der Waals surface area contributed by atoms with Crippen LogP contribution in [-0.2, 0) is 11.2 Å². The summed E-state index contributed by atoms with van der Waals surface area (Å²) in [5.74, 6) is -1.56. The Kier molecular flexibility index (Phi) is 3.65. The highest BCUT2D eigenvalue weighted by Gasteiger charge is 2.64. The van der Waals surface area contributed by atoms with Gasteiger partial charge in [-0.1, -0.05) is 27.2 Å². The maximum atomic E-state index is 12.1. The summed E-state index contributed by atoms with van der Waals surface area (Å²) < 4.78 is 5.62. The quantitative estimate of drug-likeness (QED) is 0.726. The van der Waals surface area contributed by atoms with Gasteiger partial charge in [0.15, 0.2) is 0 Å². The fourth-order valence-electron chi connectivity index (χ4n) is 6.80. The molecule has 0 saturated heterocycles. The van der Waals surface area contributed by atoms with E-state index >= 15 is 0 Å². The highest BCUT2D eigenvalue weighted by atomic mass is 16.4. The zero-order valence-corrected chi connectivity index (χ0v) is 15.1. The molecule has 3 N–H and O–H groups in total. The number of furan rings is 1. The van der Waals surface area contributed by atoms with E-state index in [1.54, 1.807) is 12.3 Å². The molecule has 138 valence electrons. The molecule has 5 nitrogen and oxygen atoms in total. The third-order valence-electron chi connectivity index (χ3n) is 7.66. The zero-order valence-electron chi connectivity index (χ0n) is 15.1. The first kappa shape index (κ1) is 17.1. The minimum absolute atomic E-state index is 0.00442. The molecule has 1 aromatic rings. The molecule has 25 heavy (non-hydrogen) atoms. The molecule has 3 aliphatic rings. The minimum atomic E-state index is -1.02. The first-order chi connectivity index (χ1) is 11.7. The second kappa shape index (κ2) is 5.34. The SMILES string of the molecule is CC1(C)CCC[C@]2(C)[C@@H]1[C@H](O)[C@H](O)[C@H]1[C@@H](C(=O)O)c3ccoc3C[C@@H]12. The van der Waals surface area contributed by atoms with Gasteiger partial charge >= 0.3 is 5.97 Å². The Labute approximate surface area is 148 Å². The highest BCUT2D eigenvalue weighted by molar-refractivity contribution is 5.77. The summed E-state index contributed by atoms with van der Waals surface area (Å²) in [5.41, 5.74) is 0.376. The number of carbonyl (C=O) groups is 1. The predicted octanol–water partition coefficient (Wildman–Crippen LogP) is 2.80. The first-order valence-electron chi connectivity index (χ1n) is 9.33. The lowest BCUT2D eigenvalue weighted by atomic mass is 9.42. The zero-order chi connectivity index (χ0) is 18.1. The molecule has 0 aliphatic heterocycles. The molecule has 0 aromatic carbocycles. The number of aliphatic hydroxyl groups excluding tert-OH is 2. The fourth-order valence-corrected chi connectivity index (χ4v) is 6.80. The van der Waals surface area contributed by atoms with Crippen molar-refractivity contribution in [3.63, 3.8) is 0 Å². The van der Waals surface area contributed by atoms with E-state index < -0.39 is 30.0 Å². The van der Waals surface area contributed by atoms with Gasteiger partial charge < -0.3 is 19.7 Å². The van der Waals surface area contributed by atoms with E-state index in [0.717, 1.165) is 25.0 Å². The maximum absolute atomic E-state index is 12.1. The van der Waals surface area contributed by atoms with Crippen LogP contribution in [0.25, 0.3) is 0 Å². The molecular formula is C20H28O5. The largest absolute Gasteiger partial charge is 0.481 e. The molecule has 0 radical (unpaired) electrons. The van der Waals surface area contributed by atoms with Crippen LogP contribution in [0.4, 0.5) is 0 Å². The number of hydrogen-bond acceptors (Lipinski definition) is 4. The van der Waals surface area contributed by atoms with Crippen molar-refractivity contribution in [3.8, 4) is 0 Å². The van der Waals surface area contributed by atoms with E-state index in [-0.39, 0.29) is 22.7 Å². The van der Waals surface area contributed by atoms with Crippen LogP contribution in [0.15, 0.2) is 16.7 Å². The minimum Gasteiger partial charge on any atom is -0.481 e. The number of carboxylic acids is 1. The highest BCUT2D eigenvalue weighted by Crippen LogP contribution is 2.64. The molecule has 0 spiro atoms. The molecule has 1 aromatic heterocycles. The second-order valence-electron chi connectivity index (χ2n) is 9.31. The van der Waals surface area contributed by atoms with Crippen LogP contribution in [0.2, 0.25) is 0 Å². The molecule has 0 amide bonds. The van der Waals surface area contributed by atoms with Gasteiger partial charge in [0.05, 0.1) is 24.4 Å². The topological polar surface area (TPSA) is 90.9 Å². The van der Waals surface area contributed by atoms with Gasteiger partial charge in [0.2, 0.25) is 0 Å². The molecule has 4 rings (SSSR count). The molecule has 1 heterocycles. The van der Waals surface area contributed by atoms with Gasteiger partial charge in [-0.3, -0.25) is 4.79 Å². The molecule has 7 atom stereocenters. The van der Waals surface area contributed by atoms with Crippen LogP contribution < -0.4 is 0 Å². The van der Waals surface area contributed by atoms with Crippen LogP contribution in [0, 0.1) is 28.6 Å². The summed E-state index contributed by atoms with van der Waals surface area (Å²) in [6.07, 6.45) is 3.31. The number of carboxylic acid groups (broad SMARTS) is 1. The van der Waals surface area contributed by atoms with Crippen molar-refractivity contribution < 1.29 is 24.5 Å². The molecule has 2 saturated carbocycles. The number of fused-ring (bicyclic) bond motifs is 4. The van der Waals surface area contributed by atoms with Gasteiger partial charge in [0.25, 0.3) is 0 Å². The number of hydrogen-bond donors (Lipinski definition) is 3. The second-order valence-corrected chi connectivity index (χ2v) is 9.31. The Bertz CT molecular complexity index is 692. The Hall–Kier alpha value is -1.33. The van der Waals surface area contributed by atoms with E-state index in [4.69, 9.17) is 4.42 Å². The van der Waals surface area contributed by atoms with Crippen molar-refractivity contribution in [3.05, 3.63) is 23.7 Å². The standard InChI is InChI=1S/C20H28O5/c1-19(2)6-4-7-20(3)11-9-12-10(5-8-25-12)13(18(23)24)14(11)15(21)16(22)17(19)20/h5,8,11,13-17,21-22H,4,6-7,9H2,1-3H3,(H,23,24)/t11-,13-,14+,15+,16+,17+,20-/m0/s1. The van der Waals surface area contributed by atoms with Crippen LogP contribution in [0.1, 0.15) is 57.3 Å². The van der Waals surface area contributed by atoms with E-state index in [1.165, 1.54) is 0 Å². The van der Waals surface area contributed by atoms with Crippen LogP contribution in [-0.4, -0.2) is 33.5 Å². The van der Waals surface area contributed by atoms with Gasteiger partial charge in [-0.2, -0.15) is 0 Å². The smallest absolute Gasteiger partial charge is 0.311 e. The summed E-state index contributed by atoms with van der Waals surface area (Å²) in [4.78, 5) is 12.1. The number of aliphatic carboxylic acids is 1. The fraction of sp³-hybridized carbons (Fsp3) is 0.750. The van der Waals surface area contributed by atoms with Gasteiger partial charge in [0.1, 0.15) is 5.76 Å². The predicted molar refractivity (Wildman–Crippen MR) is 91.0 cm³/mol. The summed E-state index contributed by atoms with van der Waals surface area (Å²) in [6.45, 7) is 6.53. The molecule has 5 heteroatoms. The monoisotopic (exact) mass is 348 g/mol. The van der Waals surface area contributed by atoms with Crippen LogP contribution in [0.3, 0.4) is 0 Å². The average Bonchev–Trinajstić information content (AvgIpc) is 2.97. The summed E-state index contributed by atoms with van der Waals surface area (Å²) in [6, 6.07) is 1.71. The van der Waals surface area contributed by atoms with E-state index in [2.05, 4.69) is 20.8 Å². The maximum Gasteiger partial charge on any atom is 0.311 e. The lowest BCUT2D eigenvalue weighted by molar-refractivity contribution is -0.218. The van der Waals surface area contributed by atoms with Gasteiger partial charge in [0, 0.05) is 17.9 Å². The lowest BCUT2D eigenvalue weighted by Crippen LogP contribution is -2.65. The van der Waals surface area contributed by atoms with Crippen molar-refractivity contribution in [2.45, 2.75) is 64.6 Å². The third-order valence-corrected chi connectivity index (χ3v) is 7.66. The Morgan fingerprint density at radius 3 is 2.60 bits per heavy atom. The number of aliphatic hydroxyl groups is 2. The lowest BCUT2D eigenvalue weighted by Gasteiger charge is -2.63. The van der Waals surface area contributed by atoms with Gasteiger partial charge in [-0.15, -0.1) is 0 Å². The molecule has 3 aliphatic carbocycles. The normalized spacial score (nSPS) is 45.2. The summed E-state index contributed by atoms with van der Waals surface area (Å²) >= 11 is 0. The van der Waals surface area contributed by atoms with E-state index in [1.807, 2.05) is 0 Å². The van der Waals surface area contributed by atoms with Crippen LogP contribution >= 0.6 is 0 Å². The average molecular weight is 348 g/mol. The Morgan fingerprint density at radius 2 is 1.92 bits per heavy atom.